The van der Waals surface area contributed by atoms with Gasteiger partial charge in [0, 0.05) is 11.1 Å². The third kappa shape index (κ3) is 2.93. The fourth-order valence-electron chi connectivity index (χ4n) is 2.14. The lowest BCUT2D eigenvalue weighted by Gasteiger charge is -2.25. The quantitative estimate of drug-likeness (QED) is 0.931. The molecule has 1 aromatic carbocycles. The summed E-state index contributed by atoms with van der Waals surface area (Å²) in [7, 11) is 0. The van der Waals surface area contributed by atoms with Crippen LogP contribution in [-0.2, 0) is 9.53 Å². The normalized spacial score (nSPS) is 24.8. The first kappa shape index (κ1) is 13.6. The van der Waals surface area contributed by atoms with Gasteiger partial charge in [-0.05, 0) is 44.4 Å². The minimum atomic E-state index is -0.649. The van der Waals surface area contributed by atoms with Gasteiger partial charge < -0.3 is 10.1 Å². The Hall–Kier alpha value is -0.870. The van der Waals surface area contributed by atoms with E-state index in [9.17, 15) is 4.79 Å². The lowest BCUT2D eigenvalue weighted by atomic mass is 10.0. The van der Waals surface area contributed by atoms with E-state index in [0.717, 1.165) is 22.9 Å². The van der Waals surface area contributed by atoms with E-state index in [-0.39, 0.29) is 11.9 Å². The molecule has 2 atom stereocenters. The van der Waals surface area contributed by atoms with Gasteiger partial charge in [-0.3, -0.25) is 4.79 Å². The van der Waals surface area contributed by atoms with E-state index >= 15 is 0 Å². The molecule has 0 spiro atoms. The molecule has 1 saturated heterocycles. The number of hydrogen-bond acceptors (Lipinski definition) is 2. The molecule has 1 aromatic rings. The summed E-state index contributed by atoms with van der Waals surface area (Å²) in [5.41, 5.74) is 0.442. The Morgan fingerprint density at radius 3 is 2.67 bits per heavy atom. The zero-order valence-electron chi connectivity index (χ0n) is 10.7. The van der Waals surface area contributed by atoms with Gasteiger partial charge in [0.2, 0.25) is 0 Å². The van der Waals surface area contributed by atoms with Crippen molar-refractivity contribution in [1.82, 2.24) is 5.32 Å². The fourth-order valence-corrected chi connectivity index (χ4v) is 2.41. The topological polar surface area (TPSA) is 38.3 Å². The molecule has 0 radical (unpaired) electrons. The van der Waals surface area contributed by atoms with E-state index in [1.165, 1.54) is 0 Å². The Kier molecular flexibility index (Phi) is 4.07. The Balaban J connectivity index is 2.00. The molecule has 1 N–H and O–H groups in total. The number of ether oxygens (including phenoxy) is 1. The number of halogens is 1. The minimum absolute atomic E-state index is 0.00775. The first-order valence-electron chi connectivity index (χ1n) is 6.22. The minimum Gasteiger partial charge on any atom is -0.365 e. The van der Waals surface area contributed by atoms with Crippen molar-refractivity contribution in [3.8, 4) is 0 Å². The van der Waals surface area contributed by atoms with Crippen LogP contribution in [0.15, 0.2) is 28.7 Å². The van der Waals surface area contributed by atoms with Crippen molar-refractivity contribution < 1.29 is 9.53 Å². The molecule has 3 nitrogen and oxygen atoms in total. The van der Waals surface area contributed by atoms with Crippen LogP contribution in [0, 0.1) is 0 Å². The van der Waals surface area contributed by atoms with Crippen LogP contribution >= 0.6 is 15.9 Å². The van der Waals surface area contributed by atoms with Crippen molar-refractivity contribution in [3.63, 3.8) is 0 Å². The molecule has 0 saturated carbocycles. The summed E-state index contributed by atoms with van der Waals surface area (Å²) in [5.74, 6) is -0.0181. The van der Waals surface area contributed by atoms with E-state index in [2.05, 4.69) is 21.2 Å². The Labute approximate surface area is 116 Å². The molecule has 1 aliphatic rings. The molecule has 0 bridgehead atoms. The number of rotatable bonds is 3. The van der Waals surface area contributed by atoms with E-state index in [1.54, 1.807) is 0 Å². The molecule has 18 heavy (non-hydrogen) atoms. The SMILES string of the molecule is CC(NC(=O)C1(C)CCCO1)c1ccc(Br)cc1. The predicted molar refractivity (Wildman–Crippen MR) is 74.3 cm³/mol. The van der Waals surface area contributed by atoms with E-state index in [1.807, 2.05) is 38.1 Å². The van der Waals surface area contributed by atoms with Crippen molar-refractivity contribution in [2.24, 2.45) is 0 Å². The van der Waals surface area contributed by atoms with Crippen LogP contribution in [0.25, 0.3) is 0 Å². The van der Waals surface area contributed by atoms with Gasteiger partial charge in [0.1, 0.15) is 5.60 Å². The van der Waals surface area contributed by atoms with Gasteiger partial charge in [-0.2, -0.15) is 0 Å². The second-order valence-corrected chi connectivity index (χ2v) is 5.85. The third-order valence-electron chi connectivity index (χ3n) is 3.42. The molecule has 98 valence electrons. The van der Waals surface area contributed by atoms with Crippen molar-refractivity contribution >= 4 is 21.8 Å². The second kappa shape index (κ2) is 5.41. The monoisotopic (exact) mass is 311 g/mol. The van der Waals surface area contributed by atoms with Gasteiger partial charge in [0.25, 0.3) is 5.91 Å². The number of carbonyl (C=O) groups excluding carboxylic acids is 1. The van der Waals surface area contributed by atoms with Gasteiger partial charge in [-0.25, -0.2) is 0 Å². The highest BCUT2D eigenvalue weighted by atomic mass is 79.9. The lowest BCUT2D eigenvalue weighted by molar-refractivity contribution is -0.140. The summed E-state index contributed by atoms with van der Waals surface area (Å²) in [6.45, 7) is 4.53. The smallest absolute Gasteiger partial charge is 0.252 e. The largest absolute Gasteiger partial charge is 0.365 e. The summed E-state index contributed by atoms with van der Waals surface area (Å²) >= 11 is 3.40. The van der Waals surface area contributed by atoms with Crippen molar-refractivity contribution in [1.29, 1.82) is 0 Å². The molecule has 0 aromatic heterocycles. The standard InChI is InChI=1S/C14H18BrNO2/c1-10(11-4-6-12(15)7-5-11)16-13(17)14(2)8-3-9-18-14/h4-7,10H,3,8-9H2,1-2H3,(H,16,17). The van der Waals surface area contributed by atoms with Gasteiger partial charge >= 0.3 is 0 Å². The van der Waals surface area contributed by atoms with E-state index in [0.29, 0.717) is 6.61 Å². The predicted octanol–water partition coefficient (Wildman–Crippen LogP) is 3.20. The van der Waals surface area contributed by atoms with Crippen LogP contribution in [0.2, 0.25) is 0 Å². The highest BCUT2D eigenvalue weighted by Crippen LogP contribution is 2.26. The summed E-state index contributed by atoms with van der Waals surface area (Å²) < 4.78 is 6.58. The molecule has 0 aliphatic carbocycles. The molecule has 2 unspecified atom stereocenters. The van der Waals surface area contributed by atoms with Gasteiger partial charge in [-0.15, -0.1) is 0 Å². The summed E-state index contributed by atoms with van der Waals surface area (Å²) in [6.07, 6.45) is 1.75. The third-order valence-corrected chi connectivity index (χ3v) is 3.95. The number of amides is 1. The number of carbonyl (C=O) groups is 1. The number of benzene rings is 1. The highest BCUT2D eigenvalue weighted by Gasteiger charge is 2.38. The zero-order valence-corrected chi connectivity index (χ0v) is 12.3. The molecule has 1 fully saturated rings. The fraction of sp³-hybridized carbons (Fsp3) is 0.500. The zero-order chi connectivity index (χ0) is 13.2. The Morgan fingerprint density at radius 2 is 2.11 bits per heavy atom. The van der Waals surface area contributed by atoms with Gasteiger partial charge in [0.15, 0.2) is 0 Å². The van der Waals surface area contributed by atoms with E-state index in [4.69, 9.17) is 4.74 Å². The van der Waals surface area contributed by atoms with Crippen molar-refractivity contribution in [2.45, 2.75) is 38.3 Å². The van der Waals surface area contributed by atoms with Crippen molar-refractivity contribution in [3.05, 3.63) is 34.3 Å². The average Bonchev–Trinajstić information content (AvgIpc) is 2.78. The van der Waals surface area contributed by atoms with Crippen LogP contribution < -0.4 is 5.32 Å². The van der Waals surface area contributed by atoms with E-state index < -0.39 is 5.60 Å². The van der Waals surface area contributed by atoms with Gasteiger partial charge in [0.05, 0.1) is 6.04 Å². The molecule has 2 rings (SSSR count). The van der Waals surface area contributed by atoms with Crippen LogP contribution in [0.1, 0.15) is 38.3 Å². The maximum Gasteiger partial charge on any atom is 0.252 e. The summed E-state index contributed by atoms with van der Waals surface area (Å²) in [5, 5.41) is 3.02. The lowest BCUT2D eigenvalue weighted by Crippen LogP contribution is -2.44. The molecule has 1 amide bonds. The first-order valence-corrected chi connectivity index (χ1v) is 7.01. The maximum atomic E-state index is 12.2. The Morgan fingerprint density at radius 1 is 1.44 bits per heavy atom. The number of nitrogens with one attached hydrogen (secondary N) is 1. The van der Waals surface area contributed by atoms with Crippen LogP contribution in [0.3, 0.4) is 0 Å². The summed E-state index contributed by atoms with van der Waals surface area (Å²) in [6, 6.07) is 7.96. The summed E-state index contributed by atoms with van der Waals surface area (Å²) in [4.78, 5) is 12.2. The van der Waals surface area contributed by atoms with Crippen LogP contribution in [-0.4, -0.2) is 18.1 Å². The Bertz CT molecular complexity index is 424. The molecule has 1 aliphatic heterocycles. The molecule has 1 heterocycles. The molecular formula is C14H18BrNO2. The number of hydrogen-bond donors (Lipinski definition) is 1. The molecule has 4 heteroatoms. The maximum absolute atomic E-state index is 12.2. The highest BCUT2D eigenvalue weighted by molar-refractivity contribution is 9.10. The van der Waals surface area contributed by atoms with Crippen LogP contribution in [0.4, 0.5) is 0 Å². The first-order chi connectivity index (χ1) is 8.51. The second-order valence-electron chi connectivity index (χ2n) is 4.93. The van der Waals surface area contributed by atoms with Crippen LogP contribution in [0.5, 0.6) is 0 Å². The van der Waals surface area contributed by atoms with Gasteiger partial charge in [-0.1, -0.05) is 28.1 Å². The molecular weight excluding hydrogens is 294 g/mol. The van der Waals surface area contributed by atoms with Crippen molar-refractivity contribution in [2.75, 3.05) is 6.61 Å². The average molecular weight is 312 g/mol.